The van der Waals surface area contributed by atoms with Gasteiger partial charge in [0.15, 0.2) is 5.65 Å². The number of carbonyl (C=O) groups excluding carboxylic acids is 1. The van der Waals surface area contributed by atoms with Gasteiger partial charge in [0, 0.05) is 12.7 Å². The molecule has 0 aliphatic heterocycles. The molecule has 0 spiro atoms. The van der Waals surface area contributed by atoms with E-state index in [-0.39, 0.29) is 5.91 Å². The maximum Gasteiger partial charge on any atom is 0.252 e. The van der Waals surface area contributed by atoms with Gasteiger partial charge < -0.3 is 5.32 Å². The van der Waals surface area contributed by atoms with Crippen molar-refractivity contribution in [2.24, 2.45) is 0 Å². The van der Waals surface area contributed by atoms with Crippen LogP contribution in [0, 0.1) is 0 Å². The smallest absolute Gasteiger partial charge is 0.252 e. The van der Waals surface area contributed by atoms with Gasteiger partial charge in [0.25, 0.3) is 5.91 Å². The maximum atomic E-state index is 12.4. The number of pyridine rings is 1. The quantitative estimate of drug-likeness (QED) is 0.578. The van der Waals surface area contributed by atoms with Crippen LogP contribution < -0.4 is 5.32 Å². The predicted molar refractivity (Wildman–Crippen MR) is 104 cm³/mol. The van der Waals surface area contributed by atoms with Gasteiger partial charge in [-0.25, -0.2) is 4.98 Å². The Bertz CT molecular complexity index is 1090. The molecule has 0 unspecified atom stereocenters. The Kier molecular flexibility index (Phi) is 4.80. The van der Waals surface area contributed by atoms with E-state index in [1.807, 2.05) is 36.4 Å². The molecule has 2 aromatic carbocycles. The fraction of sp³-hybridized carbons (Fsp3) is 0.100. The lowest BCUT2D eigenvalue weighted by molar-refractivity contribution is 0.0954. The third-order valence-electron chi connectivity index (χ3n) is 4.19. The predicted octanol–water partition coefficient (Wildman–Crippen LogP) is 3.44. The highest BCUT2D eigenvalue weighted by atomic mass is 35.5. The molecule has 2 heterocycles. The average Bonchev–Trinajstić information content (AvgIpc) is 3.13. The van der Waals surface area contributed by atoms with Crippen molar-refractivity contribution < 1.29 is 4.79 Å². The van der Waals surface area contributed by atoms with Gasteiger partial charge in [-0.3, -0.25) is 4.79 Å². The molecule has 6 nitrogen and oxygen atoms in total. The number of aromatic nitrogens is 4. The van der Waals surface area contributed by atoms with Crippen LogP contribution in [0.1, 0.15) is 15.9 Å². The normalized spacial score (nSPS) is 10.9. The number of carbonyl (C=O) groups is 1. The summed E-state index contributed by atoms with van der Waals surface area (Å²) in [7, 11) is 0. The molecule has 4 aromatic rings. The van der Waals surface area contributed by atoms with Crippen LogP contribution in [0.4, 0.5) is 0 Å². The summed E-state index contributed by atoms with van der Waals surface area (Å²) in [5, 5.41) is 11.4. The Balaban J connectivity index is 1.49. The van der Waals surface area contributed by atoms with E-state index in [1.54, 1.807) is 35.1 Å². The minimum absolute atomic E-state index is 0.205. The fourth-order valence-electron chi connectivity index (χ4n) is 2.82. The highest BCUT2D eigenvalue weighted by Gasteiger charge is 2.13. The van der Waals surface area contributed by atoms with Gasteiger partial charge in [-0.15, -0.1) is 5.10 Å². The van der Waals surface area contributed by atoms with E-state index in [0.717, 1.165) is 6.42 Å². The van der Waals surface area contributed by atoms with Gasteiger partial charge in [0.1, 0.15) is 5.52 Å². The molecule has 134 valence electrons. The van der Waals surface area contributed by atoms with Crippen molar-refractivity contribution in [3.8, 4) is 5.69 Å². The van der Waals surface area contributed by atoms with E-state index in [2.05, 4.69) is 20.6 Å². The number of halogens is 1. The Morgan fingerprint density at radius 3 is 2.74 bits per heavy atom. The molecule has 1 amide bonds. The van der Waals surface area contributed by atoms with Gasteiger partial charge in [-0.2, -0.15) is 4.68 Å². The topological polar surface area (TPSA) is 72.7 Å². The SMILES string of the molecule is O=C(NCCc1ccccc1)c1ccc(-n2nnc3cccnc32)cc1Cl. The summed E-state index contributed by atoms with van der Waals surface area (Å²) in [6.07, 6.45) is 2.44. The summed E-state index contributed by atoms with van der Waals surface area (Å²) >= 11 is 6.35. The van der Waals surface area contributed by atoms with Gasteiger partial charge in [0.05, 0.1) is 16.3 Å². The molecule has 2 aromatic heterocycles. The molecule has 0 bridgehead atoms. The summed E-state index contributed by atoms with van der Waals surface area (Å²) in [6, 6.07) is 18.8. The molecule has 0 saturated carbocycles. The summed E-state index contributed by atoms with van der Waals surface area (Å²) in [6.45, 7) is 0.540. The number of fused-ring (bicyclic) bond motifs is 1. The van der Waals surface area contributed by atoms with Crippen molar-refractivity contribution in [3.63, 3.8) is 0 Å². The van der Waals surface area contributed by atoms with Crippen LogP contribution in [0.5, 0.6) is 0 Å². The molecule has 0 aliphatic rings. The maximum absolute atomic E-state index is 12.4. The minimum atomic E-state index is -0.205. The Hall–Kier alpha value is -3.25. The van der Waals surface area contributed by atoms with Crippen LogP contribution in [0.3, 0.4) is 0 Å². The van der Waals surface area contributed by atoms with Crippen molar-refractivity contribution in [1.82, 2.24) is 25.3 Å². The van der Waals surface area contributed by atoms with Crippen molar-refractivity contribution in [1.29, 1.82) is 0 Å². The largest absolute Gasteiger partial charge is 0.352 e. The second-order valence-corrected chi connectivity index (χ2v) is 6.41. The zero-order valence-corrected chi connectivity index (χ0v) is 15.1. The van der Waals surface area contributed by atoms with Crippen molar-refractivity contribution in [2.45, 2.75) is 6.42 Å². The van der Waals surface area contributed by atoms with E-state index < -0.39 is 0 Å². The highest BCUT2D eigenvalue weighted by Crippen LogP contribution is 2.22. The summed E-state index contributed by atoms with van der Waals surface area (Å²) in [4.78, 5) is 16.7. The number of benzene rings is 2. The number of hydrogen-bond donors (Lipinski definition) is 1. The van der Waals surface area contributed by atoms with Crippen LogP contribution in [-0.2, 0) is 6.42 Å². The second-order valence-electron chi connectivity index (χ2n) is 6.00. The number of nitrogens with one attached hydrogen (secondary N) is 1. The molecule has 0 fully saturated rings. The van der Waals surface area contributed by atoms with Crippen molar-refractivity contribution >= 4 is 28.7 Å². The monoisotopic (exact) mass is 377 g/mol. The first-order valence-corrected chi connectivity index (χ1v) is 8.88. The number of nitrogens with zero attached hydrogens (tertiary/aromatic N) is 4. The second kappa shape index (κ2) is 7.55. The summed E-state index contributed by atoms with van der Waals surface area (Å²) < 4.78 is 1.60. The molecule has 7 heteroatoms. The standard InChI is InChI=1S/C20H16ClN5O/c21-17-13-15(26-19-18(24-25-26)7-4-11-22-19)8-9-16(17)20(27)23-12-10-14-5-2-1-3-6-14/h1-9,11,13H,10,12H2,(H,23,27). The molecular weight excluding hydrogens is 362 g/mol. The molecule has 1 N–H and O–H groups in total. The molecule has 4 rings (SSSR count). The van der Waals surface area contributed by atoms with E-state index in [0.29, 0.717) is 34.0 Å². The van der Waals surface area contributed by atoms with Crippen LogP contribution in [0.25, 0.3) is 16.9 Å². The number of hydrogen-bond acceptors (Lipinski definition) is 4. The summed E-state index contributed by atoms with van der Waals surface area (Å²) in [5.74, 6) is -0.205. The van der Waals surface area contributed by atoms with Gasteiger partial charge >= 0.3 is 0 Å². The van der Waals surface area contributed by atoms with E-state index in [4.69, 9.17) is 11.6 Å². The van der Waals surface area contributed by atoms with Gasteiger partial charge in [0.2, 0.25) is 0 Å². The van der Waals surface area contributed by atoms with Gasteiger partial charge in [-0.05, 0) is 42.3 Å². The molecule has 0 atom stereocenters. The molecule has 0 saturated heterocycles. The Morgan fingerprint density at radius 1 is 1.07 bits per heavy atom. The van der Waals surface area contributed by atoms with Crippen LogP contribution in [-0.4, -0.2) is 32.4 Å². The first-order valence-electron chi connectivity index (χ1n) is 8.51. The lowest BCUT2D eigenvalue weighted by atomic mass is 10.1. The average molecular weight is 378 g/mol. The van der Waals surface area contributed by atoms with Crippen LogP contribution >= 0.6 is 11.6 Å². The highest BCUT2D eigenvalue weighted by molar-refractivity contribution is 6.34. The minimum Gasteiger partial charge on any atom is -0.352 e. The number of amides is 1. The van der Waals surface area contributed by atoms with E-state index in [1.165, 1.54) is 5.56 Å². The van der Waals surface area contributed by atoms with Gasteiger partial charge in [-0.1, -0.05) is 47.1 Å². The lowest BCUT2D eigenvalue weighted by Crippen LogP contribution is -2.26. The van der Waals surface area contributed by atoms with E-state index in [9.17, 15) is 4.79 Å². The van der Waals surface area contributed by atoms with E-state index >= 15 is 0 Å². The van der Waals surface area contributed by atoms with Crippen LogP contribution in [0.15, 0.2) is 66.9 Å². The first-order chi connectivity index (χ1) is 13.2. The molecule has 0 radical (unpaired) electrons. The molecular formula is C20H16ClN5O. The first kappa shape index (κ1) is 17.2. The third kappa shape index (κ3) is 3.66. The fourth-order valence-corrected chi connectivity index (χ4v) is 3.08. The van der Waals surface area contributed by atoms with Crippen LogP contribution in [0.2, 0.25) is 5.02 Å². The molecule has 0 aliphatic carbocycles. The zero-order valence-electron chi connectivity index (χ0n) is 14.3. The Labute approximate surface area is 160 Å². The third-order valence-corrected chi connectivity index (χ3v) is 4.51. The Morgan fingerprint density at radius 2 is 1.93 bits per heavy atom. The zero-order chi connectivity index (χ0) is 18.6. The molecule has 27 heavy (non-hydrogen) atoms. The lowest BCUT2D eigenvalue weighted by Gasteiger charge is -2.09. The van der Waals surface area contributed by atoms with Crippen molar-refractivity contribution in [2.75, 3.05) is 6.54 Å². The summed E-state index contributed by atoms with van der Waals surface area (Å²) in [5.41, 5.74) is 3.61. The number of rotatable bonds is 5. The van der Waals surface area contributed by atoms with Crippen molar-refractivity contribution in [3.05, 3.63) is 83.0 Å².